The Balaban J connectivity index is 1.64. The van der Waals surface area contributed by atoms with Crippen molar-refractivity contribution in [3.8, 4) is 0 Å². The monoisotopic (exact) mass is 508 g/mol. The van der Waals surface area contributed by atoms with Gasteiger partial charge in [-0.3, -0.25) is 28.3 Å². The fourth-order valence-corrected chi connectivity index (χ4v) is 3.72. The molecule has 0 saturated carbocycles. The summed E-state index contributed by atoms with van der Waals surface area (Å²) in [6, 6.07) is 2.67. The Bertz CT molecular complexity index is 1140. The maximum Gasteiger partial charge on any atom is 0.261 e. The fraction of sp³-hybridized carbons (Fsp3) is 0.583. The molecule has 12 heteroatoms. The molecule has 0 spiro atoms. The van der Waals surface area contributed by atoms with Crippen molar-refractivity contribution in [1.29, 1.82) is 0 Å². The SMILES string of the molecule is COCCOCCOCCn1c(=O)c2cc3c(=O)n(CCOCCOCCOC)c(=O)c3cc2c1=O. The van der Waals surface area contributed by atoms with E-state index in [9.17, 15) is 19.2 Å². The smallest absolute Gasteiger partial charge is 0.261 e. The second kappa shape index (κ2) is 14.1. The van der Waals surface area contributed by atoms with E-state index in [1.165, 1.54) is 12.1 Å². The van der Waals surface area contributed by atoms with Crippen LogP contribution in [0.1, 0.15) is 0 Å². The van der Waals surface area contributed by atoms with Gasteiger partial charge in [0.2, 0.25) is 0 Å². The average Bonchev–Trinajstić information content (AvgIpc) is 3.25. The molecule has 36 heavy (non-hydrogen) atoms. The molecule has 198 valence electrons. The summed E-state index contributed by atoms with van der Waals surface area (Å²) in [5, 5.41) is 0.423. The summed E-state index contributed by atoms with van der Waals surface area (Å²) in [7, 11) is 3.16. The molecule has 0 unspecified atom stereocenters. The lowest BCUT2D eigenvalue weighted by Gasteiger charge is -2.05. The number of nitrogens with zero attached hydrogens (tertiary/aromatic N) is 2. The van der Waals surface area contributed by atoms with Crippen molar-refractivity contribution in [3.63, 3.8) is 0 Å². The van der Waals surface area contributed by atoms with Crippen molar-refractivity contribution in [3.05, 3.63) is 53.5 Å². The van der Waals surface area contributed by atoms with Gasteiger partial charge in [-0.1, -0.05) is 0 Å². The van der Waals surface area contributed by atoms with E-state index < -0.39 is 22.2 Å². The molecular weight excluding hydrogens is 476 g/mol. The number of hydrogen-bond acceptors (Lipinski definition) is 10. The molecule has 2 heterocycles. The van der Waals surface area contributed by atoms with Crippen LogP contribution in [0.15, 0.2) is 31.3 Å². The highest BCUT2D eigenvalue weighted by atomic mass is 16.5. The molecule has 0 N–H and O–H groups in total. The Morgan fingerprint density at radius 3 is 1.06 bits per heavy atom. The van der Waals surface area contributed by atoms with Gasteiger partial charge in [0.25, 0.3) is 22.2 Å². The highest BCUT2D eigenvalue weighted by molar-refractivity contribution is 5.97. The minimum atomic E-state index is -0.520. The van der Waals surface area contributed by atoms with Crippen molar-refractivity contribution >= 4 is 21.5 Å². The van der Waals surface area contributed by atoms with E-state index in [4.69, 9.17) is 28.4 Å². The van der Waals surface area contributed by atoms with E-state index in [-0.39, 0.29) is 47.8 Å². The Morgan fingerprint density at radius 1 is 0.472 bits per heavy atom. The first-order valence-electron chi connectivity index (χ1n) is 11.7. The molecule has 3 aromatic rings. The van der Waals surface area contributed by atoms with Crippen molar-refractivity contribution in [2.24, 2.45) is 0 Å². The van der Waals surface area contributed by atoms with Crippen molar-refractivity contribution in [2.45, 2.75) is 13.1 Å². The van der Waals surface area contributed by atoms with Crippen LogP contribution in [0.5, 0.6) is 0 Å². The molecule has 12 nitrogen and oxygen atoms in total. The number of hydrogen-bond donors (Lipinski definition) is 0. The second-order valence-electron chi connectivity index (χ2n) is 7.90. The number of fused-ring (bicyclic) bond motifs is 2. The fourth-order valence-electron chi connectivity index (χ4n) is 3.72. The first kappa shape index (κ1) is 27.8. The maximum absolute atomic E-state index is 12.8. The topological polar surface area (TPSA) is 134 Å². The molecule has 0 bridgehead atoms. The zero-order valence-electron chi connectivity index (χ0n) is 20.6. The molecule has 0 radical (unpaired) electrons. The number of ether oxygens (including phenoxy) is 6. The van der Waals surface area contributed by atoms with Crippen LogP contribution in [0.4, 0.5) is 0 Å². The minimum Gasteiger partial charge on any atom is -0.382 e. The molecule has 0 aliphatic rings. The van der Waals surface area contributed by atoms with Crippen LogP contribution in [0.25, 0.3) is 21.5 Å². The number of methoxy groups -OCH3 is 2. The summed E-state index contributed by atoms with van der Waals surface area (Å²) in [5.41, 5.74) is -2.08. The standard InChI is InChI=1S/C24H32N2O10/c1-31-7-9-35-13-11-33-5-3-25-21(27)17-15-19-20(16-18(17)22(25)28)24(30)26(23(19)29)4-6-34-12-14-36-10-8-32-2/h15-16H,3-14H2,1-2H3. The van der Waals surface area contributed by atoms with Crippen molar-refractivity contribution < 1.29 is 28.4 Å². The van der Waals surface area contributed by atoms with E-state index >= 15 is 0 Å². The van der Waals surface area contributed by atoms with E-state index in [1.807, 2.05) is 0 Å². The number of benzene rings is 1. The quantitative estimate of drug-likeness (QED) is 0.203. The van der Waals surface area contributed by atoms with E-state index in [1.54, 1.807) is 14.2 Å². The second-order valence-corrected chi connectivity index (χ2v) is 7.90. The predicted molar refractivity (Wildman–Crippen MR) is 132 cm³/mol. The van der Waals surface area contributed by atoms with Crippen LogP contribution in [0.2, 0.25) is 0 Å². The van der Waals surface area contributed by atoms with Gasteiger partial charge in [0.15, 0.2) is 0 Å². The molecule has 0 atom stereocenters. The largest absolute Gasteiger partial charge is 0.382 e. The van der Waals surface area contributed by atoms with Gasteiger partial charge in [-0.25, -0.2) is 0 Å². The maximum atomic E-state index is 12.8. The molecular formula is C24H32N2O10. The third-order valence-electron chi connectivity index (χ3n) is 5.59. The Hall–Kier alpha value is -2.74. The first-order chi connectivity index (χ1) is 17.5. The third-order valence-corrected chi connectivity index (χ3v) is 5.59. The average molecular weight is 509 g/mol. The molecule has 3 rings (SSSR count). The molecule has 0 saturated heterocycles. The number of aromatic nitrogens is 2. The molecule has 0 amide bonds. The predicted octanol–water partition coefficient (Wildman–Crippen LogP) is -0.728. The lowest BCUT2D eigenvalue weighted by molar-refractivity contribution is 0.0228. The van der Waals surface area contributed by atoms with Crippen molar-refractivity contribution in [1.82, 2.24) is 9.13 Å². The van der Waals surface area contributed by atoms with Gasteiger partial charge in [-0.15, -0.1) is 0 Å². The van der Waals surface area contributed by atoms with Gasteiger partial charge in [0, 0.05) is 14.2 Å². The zero-order chi connectivity index (χ0) is 25.9. The summed E-state index contributed by atoms with van der Waals surface area (Å²) in [6.45, 7) is 3.62. The summed E-state index contributed by atoms with van der Waals surface area (Å²) in [6.07, 6.45) is 0. The summed E-state index contributed by atoms with van der Waals surface area (Å²) >= 11 is 0. The minimum absolute atomic E-state index is 0.0512. The molecule has 2 aromatic heterocycles. The van der Waals surface area contributed by atoms with Gasteiger partial charge in [0.1, 0.15) is 0 Å². The van der Waals surface area contributed by atoms with Crippen LogP contribution in [-0.4, -0.2) is 89.4 Å². The Morgan fingerprint density at radius 2 is 0.750 bits per heavy atom. The van der Waals surface area contributed by atoms with E-state index in [0.29, 0.717) is 52.9 Å². The van der Waals surface area contributed by atoms with E-state index in [2.05, 4.69) is 0 Å². The summed E-state index contributed by atoms with van der Waals surface area (Å²) in [5.74, 6) is 0. The van der Waals surface area contributed by atoms with Gasteiger partial charge in [-0.05, 0) is 12.1 Å². The lowest BCUT2D eigenvalue weighted by Crippen LogP contribution is -2.28. The zero-order valence-corrected chi connectivity index (χ0v) is 20.6. The lowest BCUT2D eigenvalue weighted by atomic mass is 10.1. The van der Waals surface area contributed by atoms with Crippen molar-refractivity contribution in [2.75, 3.05) is 80.3 Å². The summed E-state index contributed by atoms with van der Waals surface area (Å²) < 4.78 is 33.3. The van der Waals surface area contributed by atoms with Crippen LogP contribution >= 0.6 is 0 Å². The van der Waals surface area contributed by atoms with Gasteiger partial charge in [0.05, 0.1) is 101 Å². The molecule has 0 aliphatic heterocycles. The van der Waals surface area contributed by atoms with Gasteiger partial charge in [-0.2, -0.15) is 0 Å². The highest BCUT2D eigenvalue weighted by Crippen LogP contribution is 2.14. The molecule has 0 fully saturated rings. The number of rotatable bonds is 18. The van der Waals surface area contributed by atoms with Gasteiger partial charge >= 0.3 is 0 Å². The van der Waals surface area contributed by atoms with E-state index in [0.717, 1.165) is 9.13 Å². The van der Waals surface area contributed by atoms with Crippen LogP contribution < -0.4 is 22.2 Å². The highest BCUT2D eigenvalue weighted by Gasteiger charge is 2.19. The third kappa shape index (κ3) is 6.72. The van der Waals surface area contributed by atoms with Gasteiger partial charge < -0.3 is 28.4 Å². The first-order valence-corrected chi connectivity index (χ1v) is 11.7. The molecule has 1 aromatic carbocycles. The molecule has 0 aliphatic carbocycles. The Kier molecular flexibility index (Phi) is 10.9. The summed E-state index contributed by atoms with van der Waals surface area (Å²) in [4.78, 5) is 51.3. The van der Waals surface area contributed by atoms with Crippen LogP contribution in [0.3, 0.4) is 0 Å². The normalized spacial score (nSPS) is 11.8. The van der Waals surface area contributed by atoms with Crippen LogP contribution in [0, 0.1) is 0 Å². The van der Waals surface area contributed by atoms with Crippen LogP contribution in [-0.2, 0) is 41.5 Å². The Labute approximate surface area is 206 Å².